The van der Waals surface area contributed by atoms with Crippen LogP contribution < -0.4 is 0 Å². The van der Waals surface area contributed by atoms with Crippen LogP contribution in [0.5, 0.6) is 0 Å². The van der Waals surface area contributed by atoms with Gasteiger partial charge in [0.2, 0.25) is 5.91 Å². The number of aromatic nitrogens is 1. The third kappa shape index (κ3) is 3.47. The predicted octanol–water partition coefficient (Wildman–Crippen LogP) is 1.28. The van der Waals surface area contributed by atoms with Gasteiger partial charge in [-0.05, 0) is 43.5 Å². The van der Waals surface area contributed by atoms with Crippen molar-refractivity contribution >= 4 is 5.91 Å². The monoisotopic (exact) mass is 303 g/mol. The molecule has 0 radical (unpaired) electrons. The van der Waals surface area contributed by atoms with Crippen molar-refractivity contribution in [2.45, 2.75) is 32.2 Å². The molecule has 3 heterocycles. The number of carbonyl (C=O) groups excluding carboxylic acids is 1. The maximum absolute atomic E-state index is 12.0. The first-order valence-corrected chi connectivity index (χ1v) is 8.21. The van der Waals surface area contributed by atoms with Crippen LogP contribution in [0.3, 0.4) is 0 Å². The van der Waals surface area contributed by atoms with Gasteiger partial charge in [0.25, 0.3) is 0 Å². The molecular weight excluding hydrogens is 278 g/mol. The highest BCUT2D eigenvalue weighted by Crippen LogP contribution is 2.39. The van der Waals surface area contributed by atoms with Gasteiger partial charge in [0.1, 0.15) is 0 Å². The Labute approximate surface area is 131 Å². The first kappa shape index (κ1) is 15.4. The van der Waals surface area contributed by atoms with Crippen LogP contribution in [-0.4, -0.2) is 58.6 Å². The molecule has 120 valence electrons. The Hall–Kier alpha value is -1.46. The minimum atomic E-state index is 0.0581. The molecule has 5 nitrogen and oxygen atoms in total. The number of β-amino-alcohol motifs (C(OH)–C–C–N with tert-alkyl or cyclic N) is 1. The smallest absolute Gasteiger partial charge is 0.222 e. The van der Waals surface area contributed by atoms with Gasteiger partial charge in [-0.1, -0.05) is 0 Å². The molecule has 2 saturated heterocycles. The second-order valence-electron chi connectivity index (χ2n) is 6.71. The SMILES string of the molecule is O=C1CC[C@]2(CCCN(Cc3ccncc3)C2)CN1CCO. The van der Waals surface area contributed by atoms with Crippen LogP contribution in [0.2, 0.25) is 0 Å². The highest BCUT2D eigenvalue weighted by molar-refractivity contribution is 5.77. The van der Waals surface area contributed by atoms with Crippen molar-refractivity contribution in [2.75, 3.05) is 32.8 Å². The van der Waals surface area contributed by atoms with E-state index in [1.54, 1.807) is 0 Å². The van der Waals surface area contributed by atoms with Crippen LogP contribution in [-0.2, 0) is 11.3 Å². The van der Waals surface area contributed by atoms with Gasteiger partial charge in [0.15, 0.2) is 0 Å². The van der Waals surface area contributed by atoms with Crippen molar-refractivity contribution in [1.29, 1.82) is 0 Å². The number of likely N-dealkylation sites (tertiary alicyclic amines) is 2. The lowest BCUT2D eigenvalue weighted by Crippen LogP contribution is -2.54. The molecule has 0 bridgehead atoms. The molecule has 1 amide bonds. The van der Waals surface area contributed by atoms with Gasteiger partial charge in [-0.25, -0.2) is 0 Å². The maximum Gasteiger partial charge on any atom is 0.222 e. The molecular formula is C17H25N3O2. The van der Waals surface area contributed by atoms with Crippen molar-refractivity contribution in [3.05, 3.63) is 30.1 Å². The number of nitrogens with zero attached hydrogens (tertiary/aromatic N) is 3. The van der Waals surface area contributed by atoms with Crippen LogP contribution in [0.1, 0.15) is 31.2 Å². The number of carbonyl (C=O) groups is 1. The number of rotatable bonds is 4. The normalized spacial score (nSPS) is 26.6. The summed E-state index contributed by atoms with van der Waals surface area (Å²) in [5, 5.41) is 9.16. The summed E-state index contributed by atoms with van der Waals surface area (Å²) in [5.74, 6) is 0.200. The fourth-order valence-electron chi connectivity index (χ4n) is 3.95. The fraction of sp³-hybridized carbons (Fsp3) is 0.647. The van der Waals surface area contributed by atoms with E-state index in [2.05, 4.69) is 22.0 Å². The highest BCUT2D eigenvalue weighted by atomic mass is 16.3. The molecule has 5 heteroatoms. The van der Waals surface area contributed by atoms with Crippen LogP contribution in [0.4, 0.5) is 0 Å². The van der Waals surface area contributed by atoms with Gasteiger partial charge in [0, 0.05) is 50.4 Å². The summed E-state index contributed by atoms with van der Waals surface area (Å²) in [6, 6.07) is 4.15. The Morgan fingerprint density at radius 2 is 2.05 bits per heavy atom. The molecule has 1 atom stereocenters. The van der Waals surface area contributed by atoms with Gasteiger partial charge < -0.3 is 10.0 Å². The number of aliphatic hydroxyl groups excluding tert-OH is 1. The molecule has 1 aromatic heterocycles. The molecule has 2 aliphatic rings. The second-order valence-corrected chi connectivity index (χ2v) is 6.71. The van der Waals surface area contributed by atoms with Gasteiger partial charge >= 0.3 is 0 Å². The lowest BCUT2D eigenvalue weighted by atomic mass is 9.73. The Morgan fingerprint density at radius 3 is 2.82 bits per heavy atom. The van der Waals surface area contributed by atoms with E-state index in [4.69, 9.17) is 5.11 Å². The summed E-state index contributed by atoms with van der Waals surface area (Å²) >= 11 is 0. The summed E-state index contributed by atoms with van der Waals surface area (Å²) < 4.78 is 0. The molecule has 2 fully saturated rings. The summed E-state index contributed by atoms with van der Waals surface area (Å²) in [7, 11) is 0. The van der Waals surface area contributed by atoms with Crippen molar-refractivity contribution in [3.63, 3.8) is 0 Å². The zero-order valence-corrected chi connectivity index (χ0v) is 13.1. The van der Waals surface area contributed by atoms with E-state index in [1.807, 2.05) is 17.3 Å². The average molecular weight is 303 g/mol. The Bertz CT molecular complexity index is 508. The van der Waals surface area contributed by atoms with E-state index in [-0.39, 0.29) is 17.9 Å². The number of hydrogen-bond donors (Lipinski definition) is 1. The average Bonchev–Trinajstić information content (AvgIpc) is 2.53. The minimum Gasteiger partial charge on any atom is -0.395 e. The third-order valence-corrected chi connectivity index (χ3v) is 5.01. The predicted molar refractivity (Wildman–Crippen MR) is 84.1 cm³/mol. The number of piperidine rings is 2. The standard InChI is InChI=1S/C17H25N3O2/c21-11-10-20-14-17(6-2-16(20)22)5-1-9-19(13-17)12-15-3-7-18-8-4-15/h3-4,7-8,21H,1-2,5-6,9-14H2/t17-/m0/s1. The third-order valence-electron chi connectivity index (χ3n) is 5.01. The topological polar surface area (TPSA) is 56.7 Å². The molecule has 1 N–H and O–H groups in total. The van der Waals surface area contributed by atoms with E-state index in [0.29, 0.717) is 13.0 Å². The van der Waals surface area contributed by atoms with Crippen LogP contribution in [0.25, 0.3) is 0 Å². The van der Waals surface area contributed by atoms with Gasteiger partial charge in [-0.15, -0.1) is 0 Å². The summed E-state index contributed by atoms with van der Waals surface area (Å²) in [5.41, 5.74) is 1.51. The molecule has 22 heavy (non-hydrogen) atoms. The number of amides is 1. The molecule has 2 aliphatic heterocycles. The Morgan fingerprint density at radius 1 is 1.23 bits per heavy atom. The first-order chi connectivity index (χ1) is 10.7. The lowest BCUT2D eigenvalue weighted by Gasteiger charge is -2.48. The van der Waals surface area contributed by atoms with E-state index in [0.717, 1.165) is 32.6 Å². The largest absolute Gasteiger partial charge is 0.395 e. The van der Waals surface area contributed by atoms with Crippen molar-refractivity contribution in [1.82, 2.24) is 14.8 Å². The molecule has 3 rings (SSSR count). The number of pyridine rings is 1. The minimum absolute atomic E-state index is 0.0581. The molecule has 0 aromatic carbocycles. The molecule has 0 saturated carbocycles. The highest BCUT2D eigenvalue weighted by Gasteiger charge is 2.41. The zero-order valence-electron chi connectivity index (χ0n) is 13.1. The van der Waals surface area contributed by atoms with E-state index in [1.165, 1.54) is 18.4 Å². The number of aliphatic hydroxyl groups is 1. The quantitative estimate of drug-likeness (QED) is 0.910. The van der Waals surface area contributed by atoms with Crippen LogP contribution in [0.15, 0.2) is 24.5 Å². The summed E-state index contributed by atoms with van der Waals surface area (Å²) in [6.07, 6.45) is 7.68. The first-order valence-electron chi connectivity index (χ1n) is 8.21. The molecule has 1 aromatic rings. The molecule has 0 aliphatic carbocycles. The number of hydrogen-bond acceptors (Lipinski definition) is 4. The van der Waals surface area contributed by atoms with E-state index < -0.39 is 0 Å². The van der Waals surface area contributed by atoms with Crippen LogP contribution >= 0.6 is 0 Å². The van der Waals surface area contributed by atoms with Crippen molar-refractivity contribution in [2.24, 2.45) is 5.41 Å². The molecule has 0 unspecified atom stereocenters. The Balaban J connectivity index is 1.65. The van der Waals surface area contributed by atoms with Gasteiger partial charge in [0.05, 0.1) is 6.61 Å². The van der Waals surface area contributed by atoms with Gasteiger partial charge in [-0.2, -0.15) is 0 Å². The lowest BCUT2D eigenvalue weighted by molar-refractivity contribution is -0.140. The van der Waals surface area contributed by atoms with Crippen molar-refractivity contribution < 1.29 is 9.90 Å². The summed E-state index contributed by atoms with van der Waals surface area (Å²) in [6.45, 7) is 4.47. The fourth-order valence-corrected chi connectivity index (χ4v) is 3.95. The maximum atomic E-state index is 12.0. The van der Waals surface area contributed by atoms with Gasteiger partial charge in [-0.3, -0.25) is 14.7 Å². The van der Waals surface area contributed by atoms with E-state index >= 15 is 0 Å². The molecule has 1 spiro atoms. The van der Waals surface area contributed by atoms with E-state index in [9.17, 15) is 4.79 Å². The summed E-state index contributed by atoms with van der Waals surface area (Å²) in [4.78, 5) is 20.4. The van der Waals surface area contributed by atoms with Crippen LogP contribution in [0, 0.1) is 5.41 Å². The van der Waals surface area contributed by atoms with Crippen molar-refractivity contribution in [3.8, 4) is 0 Å². The zero-order chi connectivity index (χ0) is 15.4. The Kier molecular flexibility index (Phi) is 4.74. The second kappa shape index (κ2) is 6.75.